The van der Waals surface area contributed by atoms with E-state index in [9.17, 15) is 9.00 Å². The Labute approximate surface area is 87.4 Å². The number of carbonyl (C=O) groups excluding carboxylic acids is 1. The van der Waals surface area contributed by atoms with E-state index in [0.29, 0.717) is 12.2 Å². The number of rotatable bonds is 6. The Hall–Kier alpha value is -0.680. The van der Waals surface area contributed by atoms with E-state index in [1.165, 1.54) is 0 Å². The van der Waals surface area contributed by atoms with E-state index in [1.54, 1.807) is 19.3 Å². The van der Waals surface area contributed by atoms with Crippen molar-refractivity contribution in [3.8, 4) is 0 Å². The molecule has 0 saturated heterocycles. The van der Waals surface area contributed by atoms with Gasteiger partial charge < -0.3 is 11.1 Å². The molecule has 1 amide bonds. The fraction of sp³-hybridized carbons (Fsp3) is 0.667. The summed E-state index contributed by atoms with van der Waals surface area (Å²) in [5.74, 6) is 0.231. The first kappa shape index (κ1) is 13.3. The molecule has 0 aromatic rings. The van der Waals surface area contributed by atoms with E-state index in [1.807, 2.05) is 0 Å². The Bertz CT molecular complexity index is 231. The Morgan fingerprint density at radius 2 is 2.29 bits per heavy atom. The summed E-state index contributed by atoms with van der Waals surface area (Å²) in [6.07, 6.45) is 3.66. The summed E-state index contributed by atoms with van der Waals surface area (Å²) in [4.78, 5) is 11.3. The summed E-state index contributed by atoms with van der Waals surface area (Å²) in [6, 6.07) is -0.663. The lowest BCUT2D eigenvalue weighted by Gasteiger charge is -2.15. The third-order valence-corrected chi connectivity index (χ3v) is 2.60. The number of hydrogen-bond acceptors (Lipinski definition) is 3. The maximum Gasteiger partial charge on any atom is 0.237 e. The molecule has 0 aliphatic carbocycles. The lowest BCUT2D eigenvalue weighted by atomic mass is 10.2. The van der Waals surface area contributed by atoms with Crippen molar-refractivity contribution in [1.29, 1.82) is 0 Å². The smallest absolute Gasteiger partial charge is 0.237 e. The third kappa shape index (κ3) is 5.88. The summed E-state index contributed by atoms with van der Waals surface area (Å²) < 4.78 is 10.8. The number of hydrogen-bond donors (Lipinski definition) is 2. The van der Waals surface area contributed by atoms with Crippen molar-refractivity contribution >= 4 is 16.7 Å². The van der Waals surface area contributed by atoms with Crippen LogP contribution in [0.15, 0.2) is 12.7 Å². The highest BCUT2D eigenvalue weighted by Crippen LogP contribution is 1.92. The van der Waals surface area contributed by atoms with E-state index in [-0.39, 0.29) is 11.9 Å². The second-order valence-electron chi connectivity index (χ2n) is 3.28. The molecule has 3 atom stereocenters. The molecule has 3 unspecified atom stereocenters. The summed E-state index contributed by atoms with van der Waals surface area (Å²) in [6.45, 7) is 5.31. The van der Waals surface area contributed by atoms with Gasteiger partial charge in [0.2, 0.25) is 5.91 Å². The van der Waals surface area contributed by atoms with Gasteiger partial charge in [-0.2, -0.15) is 0 Å². The SMILES string of the molecule is C=CCC(N)C(=O)NC(C)CS(C)=O. The molecule has 0 aromatic heterocycles. The average molecular weight is 218 g/mol. The molecule has 0 aliphatic heterocycles. The van der Waals surface area contributed by atoms with Crippen LogP contribution in [0.3, 0.4) is 0 Å². The second-order valence-corrected chi connectivity index (χ2v) is 4.76. The minimum atomic E-state index is -0.905. The molecule has 0 rings (SSSR count). The van der Waals surface area contributed by atoms with E-state index in [0.717, 1.165) is 0 Å². The van der Waals surface area contributed by atoms with E-state index in [2.05, 4.69) is 11.9 Å². The predicted octanol–water partition coefficient (Wildman–Crippen LogP) is -0.227. The molecule has 3 N–H and O–H groups in total. The monoisotopic (exact) mass is 218 g/mol. The molecule has 14 heavy (non-hydrogen) atoms. The molecule has 5 heteroatoms. The number of carbonyl (C=O) groups is 1. The van der Waals surface area contributed by atoms with Crippen molar-refractivity contribution < 1.29 is 9.00 Å². The summed E-state index contributed by atoms with van der Waals surface area (Å²) in [5.41, 5.74) is 5.55. The highest BCUT2D eigenvalue weighted by atomic mass is 32.2. The third-order valence-electron chi connectivity index (χ3n) is 1.63. The van der Waals surface area contributed by atoms with Gasteiger partial charge in [-0.15, -0.1) is 6.58 Å². The van der Waals surface area contributed by atoms with Gasteiger partial charge in [0.25, 0.3) is 0 Å². The first-order valence-electron chi connectivity index (χ1n) is 4.44. The first-order valence-corrected chi connectivity index (χ1v) is 6.17. The van der Waals surface area contributed by atoms with Crippen LogP contribution in [-0.2, 0) is 15.6 Å². The van der Waals surface area contributed by atoms with Crippen LogP contribution < -0.4 is 11.1 Å². The Morgan fingerprint density at radius 1 is 1.71 bits per heavy atom. The Balaban J connectivity index is 3.92. The molecule has 0 radical (unpaired) electrons. The molecule has 0 bridgehead atoms. The summed E-state index contributed by atoms with van der Waals surface area (Å²) in [5, 5.41) is 2.69. The predicted molar refractivity (Wildman–Crippen MR) is 59.3 cm³/mol. The highest BCUT2D eigenvalue weighted by Gasteiger charge is 2.14. The van der Waals surface area contributed by atoms with Crippen molar-refractivity contribution in [3.05, 3.63) is 12.7 Å². The zero-order valence-electron chi connectivity index (χ0n) is 8.66. The van der Waals surface area contributed by atoms with Gasteiger partial charge in [-0.3, -0.25) is 9.00 Å². The van der Waals surface area contributed by atoms with Gasteiger partial charge >= 0.3 is 0 Å². The van der Waals surface area contributed by atoms with Crippen molar-refractivity contribution in [2.24, 2.45) is 5.73 Å². The number of nitrogens with two attached hydrogens (primary N) is 1. The van der Waals surface area contributed by atoms with Crippen LogP contribution in [-0.4, -0.2) is 34.2 Å². The maximum atomic E-state index is 11.3. The van der Waals surface area contributed by atoms with Gasteiger partial charge in [-0.1, -0.05) is 6.08 Å². The highest BCUT2D eigenvalue weighted by molar-refractivity contribution is 7.84. The van der Waals surface area contributed by atoms with E-state index < -0.39 is 16.8 Å². The maximum absolute atomic E-state index is 11.3. The van der Waals surface area contributed by atoms with E-state index in [4.69, 9.17) is 5.73 Å². The lowest BCUT2D eigenvalue weighted by Crippen LogP contribution is -2.45. The zero-order chi connectivity index (χ0) is 11.1. The standard InChI is InChI=1S/C9H18N2O2S/c1-4-5-8(10)9(12)11-7(2)6-14(3)13/h4,7-8H,1,5-6,10H2,2-3H3,(H,11,12). The average Bonchev–Trinajstić information content (AvgIpc) is 2.02. The van der Waals surface area contributed by atoms with Crippen molar-refractivity contribution in [2.45, 2.75) is 25.4 Å². The van der Waals surface area contributed by atoms with Crippen molar-refractivity contribution in [2.75, 3.05) is 12.0 Å². The summed E-state index contributed by atoms with van der Waals surface area (Å²) >= 11 is 0. The fourth-order valence-corrected chi connectivity index (χ4v) is 1.82. The minimum Gasteiger partial charge on any atom is -0.351 e. The molecule has 0 fully saturated rings. The largest absolute Gasteiger partial charge is 0.351 e. The van der Waals surface area contributed by atoms with Crippen LogP contribution >= 0.6 is 0 Å². The first-order chi connectivity index (χ1) is 6.47. The van der Waals surface area contributed by atoms with Crippen LogP contribution in [0.1, 0.15) is 13.3 Å². The van der Waals surface area contributed by atoms with Crippen molar-refractivity contribution in [3.63, 3.8) is 0 Å². The zero-order valence-corrected chi connectivity index (χ0v) is 9.47. The molecule has 0 aliphatic rings. The van der Waals surface area contributed by atoms with Crippen LogP contribution in [0.4, 0.5) is 0 Å². The Morgan fingerprint density at radius 3 is 2.71 bits per heavy atom. The molecule has 0 aromatic carbocycles. The van der Waals surface area contributed by atoms with Crippen LogP contribution in [0, 0.1) is 0 Å². The number of nitrogens with one attached hydrogen (secondary N) is 1. The molecule has 4 nitrogen and oxygen atoms in total. The quantitative estimate of drug-likeness (QED) is 0.605. The van der Waals surface area contributed by atoms with Crippen molar-refractivity contribution in [1.82, 2.24) is 5.32 Å². The van der Waals surface area contributed by atoms with Gasteiger partial charge in [0.1, 0.15) is 0 Å². The van der Waals surface area contributed by atoms with Crippen LogP contribution in [0.25, 0.3) is 0 Å². The topological polar surface area (TPSA) is 72.2 Å². The number of amides is 1. The van der Waals surface area contributed by atoms with Gasteiger partial charge in [0.05, 0.1) is 6.04 Å². The molecular formula is C9H18N2O2S. The second kappa shape index (κ2) is 6.73. The fourth-order valence-electron chi connectivity index (χ4n) is 1.03. The Kier molecular flexibility index (Phi) is 6.40. The van der Waals surface area contributed by atoms with Crippen LogP contribution in [0.5, 0.6) is 0 Å². The van der Waals surface area contributed by atoms with Gasteiger partial charge in [-0.05, 0) is 13.3 Å². The van der Waals surface area contributed by atoms with Gasteiger partial charge in [0.15, 0.2) is 0 Å². The van der Waals surface area contributed by atoms with Gasteiger partial charge in [0, 0.05) is 28.9 Å². The molecule has 0 heterocycles. The molecular weight excluding hydrogens is 200 g/mol. The normalized spacial score (nSPS) is 16.8. The van der Waals surface area contributed by atoms with Crippen LogP contribution in [0.2, 0.25) is 0 Å². The molecule has 0 spiro atoms. The summed E-state index contributed by atoms with van der Waals surface area (Å²) in [7, 11) is -0.905. The lowest BCUT2D eigenvalue weighted by molar-refractivity contribution is -0.122. The van der Waals surface area contributed by atoms with Gasteiger partial charge in [-0.25, -0.2) is 0 Å². The molecule has 0 saturated carbocycles. The molecule has 82 valence electrons. The minimum absolute atomic E-state index is 0.107. The van der Waals surface area contributed by atoms with E-state index >= 15 is 0 Å².